The van der Waals surface area contributed by atoms with Gasteiger partial charge in [-0.25, -0.2) is 17.6 Å². The van der Waals surface area contributed by atoms with Gasteiger partial charge in [-0.1, -0.05) is 0 Å². The Labute approximate surface area is 126 Å². The quantitative estimate of drug-likeness (QED) is 0.496. The van der Waals surface area contributed by atoms with Crippen LogP contribution in [-0.2, 0) is 0 Å². The lowest BCUT2D eigenvalue weighted by Crippen LogP contribution is -2.58. The van der Waals surface area contributed by atoms with Crippen LogP contribution in [0.5, 0.6) is 0 Å². The molecule has 16 heteroatoms. The average Bonchev–Trinajstić information content (AvgIpc) is 2.41. The van der Waals surface area contributed by atoms with Crippen molar-refractivity contribution in [1.82, 2.24) is 0 Å². The Hall–Kier alpha value is -1.38. The fourth-order valence-corrected chi connectivity index (χ4v) is 1.15. The van der Waals surface area contributed by atoms with Crippen LogP contribution in [-0.4, -0.2) is 42.5 Å². The molecule has 150 valence electrons. The van der Waals surface area contributed by atoms with Crippen molar-refractivity contribution in [2.24, 2.45) is 0 Å². The summed E-state index contributed by atoms with van der Waals surface area (Å²) in [5.74, 6) is -31.7. The lowest BCUT2D eigenvalue weighted by atomic mass is 9.97. The van der Waals surface area contributed by atoms with Gasteiger partial charge in [-0.3, -0.25) is 0 Å². The highest BCUT2D eigenvalue weighted by Gasteiger charge is 2.80. The Morgan fingerprint density at radius 2 is 0.880 bits per heavy atom. The first-order valence-corrected chi connectivity index (χ1v) is 5.21. The number of hydrogen-bond acceptors (Lipinski definition) is 0. The lowest BCUT2D eigenvalue weighted by Gasteiger charge is -2.33. The minimum atomic E-state index is -7.56. The van der Waals surface area contributed by atoms with Crippen LogP contribution in [0.25, 0.3) is 0 Å². The third-order valence-electron chi connectivity index (χ3n) is 2.57. The highest BCUT2D eigenvalue weighted by atomic mass is 19.4. The van der Waals surface area contributed by atoms with Gasteiger partial charge in [-0.05, 0) is 0 Å². The molecule has 0 aromatic carbocycles. The molecule has 0 rings (SSSR count). The molecule has 0 N–H and O–H groups in total. The summed E-state index contributed by atoms with van der Waals surface area (Å²) in [5.41, 5.74) is -7.56. The molecule has 0 aliphatic rings. The molecule has 0 saturated heterocycles. The maximum absolute atomic E-state index is 13.0. The van der Waals surface area contributed by atoms with Gasteiger partial charge in [0.2, 0.25) is 5.83 Å². The second-order valence-electron chi connectivity index (χ2n) is 4.27. The third-order valence-corrected chi connectivity index (χ3v) is 2.57. The number of rotatable bonds is 5. The summed E-state index contributed by atoms with van der Waals surface area (Å²) < 4.78 is 198. The number of hydrogen-bond donors (Lipinski definition) is 0. The van der Waals surface area contributed by atoms with Gasteiger partial charge in [0.05, 0.1) is 0 Å². The van der Waals surface area contributed by atoms with E-state index in [4.69, 9.17) is 0 Å². The molecule has 25 heavy (non-hydrogen) atoms. The highest BCUT2D eigenvalue weighted by Crippen LogP contribution is 2.56. The van der Waals surface area contributed by atoms with Crippen molar-refractivity contribution in [1.29, 1.82) is 0 Å². The van der Waals surface area contributed by atoms with Gasteiger partial charge in [-0.2, -0.15) is 52.7 Å². The van der Waals surface area contributed by atoms with E-state index in [1.807, 2.05) is 0 Å². The molecule has 0 nitrogen and oxygen atoms in total. The zero-order valence-corrected chi connectivity index (χ0v) is 10.8. The number of allylic oxidation sites excluding steroid dienone is 2. The summed E-state index contributed by atoms with van der Waals surface area (Å²) >= 11 is 0. The van der Waals surface area contributed by atoms with Gasteiger partial charge in [0.1, 0.15) is 0 Å². The Kier molecular flexibility index (Phi) is 5.77. The van der Waals surface area contributed by atoms with Crippen LogP contribution in [0.2, 0.25) is 0 Å². The third kappa shape index (κ3) is 3.35. The maximum Gasteiger partial charge on any atom is 0.438 e. The first-order valence-electron chi connectivity index (χ1n) is 5.21. The van der Waals surface area contributed by atoms with Crippen molar-refractivity contribution >= 4 is 0 Å². The van der Waals surface area contributed by atoms with Crippen LogP contribution in [0.3, 0.4) is 0 Å². The van der Waals surface area contributed by atoms with E-state index in [2.05, 4.69) is 0 Å². The molecule has 0 aliphatic carbocycles. The Morgan fingerprint density at radius 1 is 0.560 bits per heavy atom. The van der Waals surface area contributed by atoms with E-state index in [0.29, 0.717) is 0 Å². The molecule has 0 saturated carbocycles. The maximum atomic E-state index is 13.0. The van der Waals surface area contributed by atoms with Crippen molar-refractivity contribution in [3.8, 4) is 0 Å². The molecule has 0 aromatic heterocycles. The fraction of sp³-hybridized carbons (Fsp3) is 0.778. The first-order chi connectivity index (χ1) is 10.6. The smallest absolute Gasteiger partial charge is 0.244 e. The monoisotopic (exact) mass is 414 g/mol. The van der Waals surface area contributed by atoms with Crippen molar-refractivity contribution < 1.29 is 70.2 Å². The Morgan fingerprint density at radius 3 is 1.12 bits per heavy atom. The minimum Gasteiger partial charge on any atom is -0.244 e. The van der Waals surface area contributed by atoms with Gasteiger partial charge < -0.3 is 0 Å². The molecule has 0 bridgehead atoms. The topological polar surface area (TPSA) is 0 Å². The van der Waals surface area contributed by atoms with Crippen LogP contribution in [0.1, 0.15) is 0 Å². The molecule has 0 fully saturated rings. The Balaban J connectivity index is 6.67. The molecule has 0 atom stereocenters. The van der Waals surface area contributed by atoms with E-state index < -0.39 is 54.1 Å². The average molecular weight is 414 g/mol. The standard InChI is InChI=1S/C9H2F16/c10-1-4(13,14)7(18,19)6(16,17)3(12)2(11)5(15,8(20,21)22)9(23,24)25/h1H2. The van der Waals surface area contributed by atoms with E-state index in [9.17, 15) is 70.2 Å². The molecule has 0 amide bonds. The van der Waals surface area contributed by atoms with Crippen molar-refractivity contribution in [2.75, 3.05) is 6.67 Å². The van der Waals surface area contributed by atoms with E-state index in [1.165, 1.54) is 0 Å². The van der Waals surface area contributed by atoms with Crippen molar-refractivity contribution in [2.45, 2.75) is 35.8 Å². The zero-order valence-electron chi connectivity index (χ0n) is 10.8. The predicted molar refractivity (Wildman–Crippen MR) is 46.0 cm³/mol. The summed E-state index contributed by atoms with van der Waals surface area (Å²) in [6.07, 6.45) is -15.1. The molecule has 0 unspecified atom stereocenters. The number of alkyl halides is 14. The second-order valence-corrected chi connectivity index (χ2v) is 4.27. The minimum absolute atomic E-state index is 3.69. The summed E-state index contributed by atoms with van der Waals surface area (Å²) in [7, 11) is 0. The van der Waals surface area contributed by atoms with Gasteiger partial charge >= 0.3 is 35.8 Å². The van der Waals surface area contributed by atoms with Crippen LogP contribution in [0.15, 0.2) is 11.7 Å². The normalized spacial score (nSPS) is 16.8. The molecular weight excluding hydrogens is 412 g/mol. The van der Waals surface area contributed by atoms with E-state index in [0.717, 1.165) is 0 Å². The first kappa shape index (κ1) is 23.6. The number of halogens is 16. The van der Waals surface area contributed by atoms with Crippen LogP contribution in [0, 0.1) is 0 Å². The zero-order chi connectivity index (χ0) is 20.9. The predicted octanol–water partition coefficient (Wildman–Crippen LogP) is 5.85. The van der Waals surface area contributed by atoms with Gasteiger partial charge in [0.25, 0.3) is 0 Å². The molecule has 0 heterocycles. The lowest BCUT2D eigenvalue weighted by molar-refractivity contribution is -0.335. The highest BCUT2D eigenvalue weighted by molar-refractivity contribution is 5.27. The van der Waals surface area contributed by atoms with Gasteiger partial charge in [-0.15, -0.1) is 0 Å². The largest absolute Gasteiger partial charge is 0.438 e. The molecule has 0 aromatic rings. The van der Waals surface area contributed by atoms with E-state index in [-0.39, 0.29) is 0 Å². The summed E-state index contributed by atoms with van der Waals surface area (Å²) in [6, 6.07) is 0. The van der Waals surface area contributed by atoms with Gasteiger partial charge in [0.15, 0.2) is 12.5 Å². The van der Waals surface area contributed by atoms with Crippen LogP contribution in [0.4, 0.5) is 70.2 Å². The van der Waals surface area contributed by atoms with E-state index in [1.54, 1.807) is 0 Å². The van der Waals surface area contributed by atoms with E-state index >= 15 is 0 Å². The SMILES string of the molecule is FCC(F)(F)C(F)(F)C(F)(F)C(F)=C(F)C(F)(C(F)(F)F)C(F)(F)F. The van der Waals surface area contributed by atoms with Crippen molar-refractivity contribution in [3.05, 3.63) is 11.7 Å². The fourth-order valence-electron chi connectivity index (χ4n) is 1.15. The summed E-state index contributed by atoms with van der Waals surface area (Å²) in [6.45, 7) is -3.69. The van der Waals surface area contributed by atoms with Crippen LogP contribution < -0.4 is 0 Å². The molecule has 0 aliphatic heterocycles. The summed E-state index contributed by atoms with van der Waals surface area (Å²) in [4.78, 5) is 0. The van der Waals surface area contributed by atoms with Crippen LogP contribution >= 0.6 is 0 Å². The second kappa shape index (κ2) is 6.10. The molecular formula is C9H2F16. The Bertz CT molecular complexity index is 505. The molecule has 0 spiro atoms. The van der Waals surface area contributed by atoms with Crippen molar-refractivity contribution in [3.63, 3.8) is 0 Å². The summed E-state index contributed by atoms with van der Waals surface area (Å²) in [5, 5.41) is 0. The van der Waals surface area contributed by atoms with Gasteiger partial charge in [0, 0.05) is 0 Å². The molecule has 0 radical (unpaired) electrons.